The standard InChI is InChI=1S/C11H21NO4/c1-14-8-11(5-3-4-6-16-11)9(7-12)10(13)15-2/h9H,3-8,12H2,1-2H3. The van der Waals surface area contributed by atoms with Crippen molar-refractivity contribution in [3.8, 4) is 0 Å². The molecule has 5 nitrogen and oxygen atoms in total. The van der Waals surface area contributed by atoms with Crippen LogP contribution in [0.1, 0.15) is 19.3 Å². The lowest BCUT2D eigenvalue weighted by atomic mass is 9.81. The van der Waals surface area contributed by atoms with Gasteiger partial charge in [-0.15, -0.1) is 0 Å². The summed E-state index contributed by atoms with van der Waals surface area (Å²) in [5.41, 5.74) is 5.06. The first-order valence-electron chi connectivity index (χ1n) is 5.61. The number of carbonyl (C=O) groups is 1. The first-order valence-corrected chi connectivity index (χ1v) is 5.61. The minimum atomic E-state index is -0.602. The molecule has 1 aliphatic heterocycles. The molecule has 0 spiro atoms. The van der Waals surface area contributed by atoms with Crippen LogP contribution in [0, 0.1) is 5.92 Å². The van der Waals surface area contributed by atoms with Crippen molar-refractivity contribution in [2.45, 2.75) is 24.9 Å². The van der Waals surface area contributed by atoms with E-state index < -0.39 is 11.5 Å². The highest BCUT2D eigenvalue weighted by Crippen LogP contribution is 2.33. The lowest BCUT2D eigenvalue weighted by Crippen LogP contribution is -2.53. The highest BCUT2D eigenvalue weighted by molar-refractivity contribution is 5.74. The molecule has 5 heteroatoms. The molecule has 0 aromatic rings. The monoisotopic (exact) mass is 231 g/mol. The van der Waals surface area contributed by atoms with Crippen LogP contribution in [0.5, 0.6) is 0 Å². The molecule has 0 saturated carbocycles. The second-order valence-corrected chi connectivity index (χ2v) is 4.11. The third-order valence-electron chi connectivity index (χ3n) is 3.13. The summed E-state index contributed by atoms with van der Waals surface area (Å²) >= 11 is 0. The van der Waals surface area contributed by atoms with E-state index in [1.54, 1.807) is 7.11 Å². The van der Waals surface area contributed by atoms with E-state index in [9.17, 15) is 4.79 Å². The Bertz CT molecular complexity index is 221. The highest BCUT2D eigenvalue weighted by atomic mass is 16.6. The van der Waals surface area contributed by atoms with Crippen LogP contribution in [0.3, 0.4) is 0 Å². The van der Waals surface area contributed by atoms with Crippen LogP contribution in [0.2, 0.25) is 0 Å². The first kappa shape index (κ1) is 13.4. The van der Waals surface area contributed by atoms with Crippen molar-refractivity contribution in [2.24, 2.45) is 11.7 Å². The van der Waals surface area contributed by atoms with E-state index in [0.29, 0.717) is 13.2 Å². The summed E-state index contributed by atoms with van der Waals surface area (Å²) in [6.07, 6.45) is 2.83. The molecule has 0 aliphatic carbocycles. The number of carbonyl (C=O) groups excluding carboxylic acids is 1. The van der Waals surface area contributed by atoms with E-state index in [-0.39, 0.29) is 12.5 Å². The molecule has 2 unspecified atom stereocenters. The van der Waals surface area contributed by atoms with Gasteiger partial charge in [0.2, 0.25) is 0 Å². The molecular formula is C11H21NO4. The molecule has 0 bridgehead atoms. The Morgan fingerprint density at radius 3 is 2.69 bits per heavy atom. The fourth-order valence-corrected chi connectivity index (χ4v) is 2.28. The molecule has 1 heterocycles. The maximum atomic E-state index is 11.7. The van der Waals surface area contributed by atoms with Gasteiger partial charge in [-0.3, -0.25) is 4.79 Å². The highest BCUT2D eigenvalue weighted by Gasteiger charge is 2.45. The second-order valence-electron chi connectivity index (χ2n) is 4.11. The fraction of sp³-hybridized carbons (Fsp3) is 0.909. The van der Waals surface area contributed by atoms with Crippen molar-refractivity contribution < 1.29 is 19.0 Å². The zero-order chi connectivity index (χ0) is 12.0. The Balaban J connectivity index is 2.83. The van der Waals surface area contributed by atoms with Gasteiger partial charge in [0.25, 0.3) is 0 Å². The molecule has 1 fully saturated rings. The van der Waals surface area contributed by atoms with Crippen LogP contribution >= 0.6 is 0 Å². The number of hydrogen-bond acceptors (Lipinski definition) is 5. The maximum Gasteiger partial charge on any atom is 0.312 e. The average Bonchev–Trinajstić information content (AvgIpc) is 2.31. The van der Waals surface area contributed by atoms with E-state index in [0.717, 1.165) is 19.3 Å². The topological polar surface area (TPSA) is 70.8 Å². The van der Waals surface area contributed by atoms with Gasteiger partial charge in [-0.2, -0.15) is 0 Å². The van der Waals surface area contributed by atoms with Crippen molar-refractivity contribution in [3.63, 3.8) is 0 Å². The number of ether oxygens (including phenoxy) is 3. The van der Waals surface area contributed by atoms with Gasteiger partial charge in [-0.1, -0.05) is 0 Å². The third kappa shape index (κ3) is 2.72. The van der Waals surface area contributed by atoms with Crippen LogP contribution in [-0.2, 0) is 19.0 Å². The minimum absolute atomic E-state index is 0.218. The predicted molar refractivity (Wildman–Crippen MR) is 59.0 cm³/mol. The van der Waals surface area contributed by atoms with Gasteiger partial charge in [0.15, 0.2) is 0 Å². The normalized spacial score (nSPS) is 27.4. The Morgan fingerprint density at radius 2 is 2.25 bits per heavy atom. The summed E-state index contributed by atoms with van der Waals surface area (Å²) < 4.78 is 15.7. The fourth-order valence-electron chi connectivity index (χ4n) is 2.28. The van der Waals surface area contributed by atoms with Crippen LogP contribution in [-0.4, -0.2) is 45.5 Å². The maximum absolute atomic E-state index is 11.7. The Hall–Kier alpha value is -0.650. The molecule has 1 saturated heterocycles. The van der Waals surface area contributed by atoms with Gasteiger partial charge < -0.3 is 19.9 Å². The molecule has 94 valence electrons. The SMILES string of the molecule is COCC1(C(CN)C(=O)OC)CCCCO1. The van der Waals surface area contributed by atoms with Gasteiger partial charge in [0, 0.05) is 20.3 Å². The van der Waals surface area contributed by atoms with Gasteiger partial charge >= 0.3 is 5.97 Å². The van der Waals surface area contributed by atoms with E-state index in [1.807, 2.05) is 0 Å². The summed E-state index contributed by atoms with van der Waals surface area (Å²) in [5.74, 6) is -0.765. The Labute approximate surface area is 96.2 Å². The number of rotatable bonds is 5. The number of hydrogen-bond donors (Lipinski definition) is 1. The minimum Gasteiger partial charge on any atom is -0.469 e. The van der Waals surface area contributed by atoms with Crippen LogP contribution < -0.4 is 5.73 Å². The number of esters is 1. The van der Waals surface area contributed by atoms with E-state index in [4.69, 9.17) is 19.9 Å². The second kappa shape index (κ2) is 6.18. The van der Waals surface area contributed by atoms with E-state index in [1.165, 1.54) is 7.11 Å². The number of nitrogens with two attached hydrogens (primary N) is 1. The molecule has 0 aromatic heterocycles. The molecule has 16 heavy (non-hydrogen) atoms. The van der Waals surface area contributed by atoms with Gasteiger partial charge in [0.05, 0.1) is 13.7 Å². The summed E-state index contributed by atoms with van der Waals surface area (Å²) in [6, 6.07) is 0. The van der Waals surface area contributed by atoms with Gasteiger partial charge in [-0.05, 0) is 19.3 Å². The van der Waals surface area contributed by atoms with Gasteiger partial charge in [0.1, 0.15) is 11.5 Å². The molecule has 0 radical (unpaired) electrons. The van der Waals surface area contributed by atoms with E-state index >= 15 is 0 Å². The Morgan fingerprint density at radius 1 is 1.50 bits per heavy atom. The van der Waals surface area contributed by atoms with Crippen molar-refractivity contribution in [3.05, 3.63) is 0 Å². The average molecular weight is 231 g/mol. The summed E-state index contributed by atoms with van der Waals surface area (Å²) in [6.45, 7) is 1.25. The molecule has 0 amide bonds. The first-order chi connectivity index (χ1) is 7.70. The lowest BCUT2D eigenvalue weighted by Gasteiger charge is -2.41. The smallest absolute Gasteiger partial charge is 0.312 e. The van der Waals surface area contributed by atoms with Crippen LogP contribution in [0.25, 0.3) is 0 Å². The molecule has 0 aromatic carbocycles. The van der Waals surface area contributed by atoms with Crippen LogP contribution in [0.15, 0.2) is 0 Å². The quantitative estimate of drug-likeness (QED) is 0.690. The molecule has 2 N–H and O–H groups in total. The molecule has 1 rings (SSSR count). The zero-order valence-corrected chi connectivity index (χ0v) is 10.0. The molecule has 2 atom stereocenters. The molecular weight excluding hydrogens is 210 g/mol. The van der Waals surface area contributed by atoms with Crippen molar-refractivity contribution in [1.82, 2.24) is 0 Å². The summed E-state index contributed by atoms with van der Waals surface area (Å²) in [4.78, 5) is 11.7. The largest absolute Gasteiger partial charge is 0.469 e. The predicted octanol–water partition coefficient (Wildman–Crippen LogP) is 0.320. The van der Waals surface area contributed by atoms with E-state index in [2.05, 4.69) is 0 Å². The zero-order valence-electron chi connectivity index (χ0n) is 10.0. The Kier molecular flexibility index (Phi) is 5.18. The number of methoxy groups -OCH3 is 2. The summed E-state index contributed by atoms with van der Waals surface area (Å²) in [5, 5.41) is 0. The van der Waals surface area contributed by atoms with Gasteiger partial charge in [-0.25, -0.2) is 0 Å². The van der Waals surface area contributed by atoms with Crippen LogP contribution in [0.4, 0.5) is 0 Å². The lowest BCUT2D eigenvalue weighted by molar-refractivity contribution is -0.177. The van der Waals surface area contributed by atoms with Crippen molar-refractivity contribution >= 4 is 5.97 Å². The summed E-state index contributed by atoms with van der Waals surface area (Å²) in [7, 11) is 2.97. The molecule has 1 aliphatic rings. The van der Waals surface area contributed by atoms with Crippen molar-refractivity contribution in [2.75, 3.05) is 34.0 Å². The third-order valence-corrected chi connectivity index (χ3v) is 3.13. The van der Waals surface area contributed by atoms with Crippen molar-refractivity contribution in [1.29, 1.82) is 0 Å².